The Morgan fingerprint density at radius 3 is 2.15 bits per heavy atom. The van der Waals surface area contributed by atoms with Crippen molar-refractivity contribution in [3.8, 4) is 16.9 Å². The van der Waals surface area contributed by atoms with Crippen LogP contribution in [0.2, 0.25) is 0 Å². The van der Waals surface area contributed by atoms with Crippen LogP contribution in [0.3, 0.4) is 0 Å². The van der Waals surface area contributed by atoms with Crippen LogP contribution in [-0.4, -0.2) is 15.7 Å². The predicted octanol–water partition coefficient (Wildman–Crippen LogP) is 5.55. The van der Waals surface area contributed by atoms with Gasteiger partial charge in [-0.3, -0.25) is 4.79 Å². The topological polar surface area (TPSA) is 46.9 Å². The summed E-state index contributed by atoms with van der Waals surface area (Å²) >= 11 is 3.45. The van der Waals surface area contributed by atoms with Gasteiger partial charge >= 0.3 is 0 Å². The molecule has 132 valence electrons. The summed E-state index contributed by atoms with van der Waals surface area (Å²) in [4.78, 5) is 12.9. The summed E-state index contributed by atoms with van der Waals surface area (Å²) in [5.74, 6) is -0.193. The van der Waals surface area contributed by atoms with E-state index in [0.29, 0.717) is 11.3 Å². The number of amides is 1. The summed E-state index contributed by atoms with van der Waals surface area (Å²) in [5.41, 5.74) is 3.68. The predicted molar refractivity (Wildman–Crippen MR) is 111 cm³/mol. The largest absolute Gasteiger partial charge is 0.322 e. The lowest BCUT2D eigenvalue weighted by Gasteiger charge is -2.05. The highest BCUT2D eigenvalue weighted by molar-refractivity contribution is 9.10. The molecule has 3 aromatic carbocycles. The van der Waals surface area contributed by atoms with E-state index in [0.717, 1.165) is 21.4 Å². The normalized spacial score (nSPS) is 10.6. The van der Waals surface area contributed by atoms with Crippen molar-refractivity contribution in [3.63, 3.8) is 0 Å². The smallest absolute Gasteiger partial charge is 0.259 e. The first-order valence-corrected chi connectivity index (χ1v) is 9.27. The third-order valence-electron chi connectivity index (χ3n) is 4.13. The summed E-state index contributed by atoms with van der Waals surface area (Å²) in [5, 5.41) is 7.63. The van der Waals surface area contributed by atoms with Gasteiger partial charge < -0.3 is 5.32 Å². The number of anilines is 1. The fourth-order valence-electron chi connectivity index (χ4n) is 2.79. The van der Waals surface area contributed by atoms with Crippen LogP contribution in [0.15, 0.2) is 95.6 Å². The Kier molecular flexibility index (Phi) is 4.85. The molecule has 1 heterocycles. The van der Waals surface area contributed by atoms with Gasteiger partial charge in [-0.2, -0.15) is 5.10 Å². The van der Waals surface area contributed by atoms with Gasteiger partial charge in [0.25, 0.3) is 5.91 Å². The van der Waals surface area contributed by atoms with Gasteiger partial charge in [0, 0.05) is 21.9 Å². The van der Waals surface area contributed by atoms with Crippen molar-refractivity contribution in [1.29, 1.82) is 0 Å². The van der Waals surface area contributed by atoms with E-state index in [1.165, 1.54) is 0 Å². The van der Waals surface area contributed by atoms with Crippen LogP contribution in [0.25, 0.3) is 16.9 Å². The van der Waals surface area contributed by atoms with Crippen molar-refractivity contribution in [2.24, 2.45) is 0 Å². The van der Waals surface area contributed by atoms with E-state index >= 15 is 0 Å². The van der Waals surface area contributed by atoms with Crippen LogP contribution < -0.4 is 5.32 Å². The number of rotatable bonds is 4. The van der Waals surface area contributed by atoms with Crippen LogP contribution in [0.4, 0.5) is 5.69 Å². The second kappa shape index (κ2) is 7.60. The zero-order chi connectivity index (χ0) is 18.6. The lowest BCUT2D eigenvalue weighted by atomic mass is 10.1. The first-order chi connectivity index (χ1) is 13.2. The minimum absolute atomic E-state index is 0.193. The molecular weight excluding hydrogens is 402 g/mol. The summed E-state index contributed by atoms with van der Waals surface area (Å²) in [6.07, 6.45) is 1.77. The third kappa shape index (κ3) is 3.83. The molecule has 1 amide bonds. The van der Waals surface area contributed by atoms with Crippen molar-refractivity contribution in [3.05, 3.63) is 101 Å². The second-order valence-corrected chi connectivity index (χ2v) is 6.91. The number of carbonyl (C=O) groups excluding carboxylic acids is 1. The molecule has 0 radical (unpaired) electrons. The molecule has 0 aliphatic rings. The highest BCUT2D eigenvalue weighted by Gasteiger charge is 2.19. The van der Waals surface area contributed by atoms with Gasteiger partial charge in [-0.05, 0) is 36.4 Å². The number of hydrogen-bond acceptors (Lipinski definition) is 2. The van der Waals surface area contributed by atoms with Gasteiger partial charge in [0.15, 0.2) is 0 Å². The molecule has 0 aliphatic heterocycles. The quantitative estimate of drug-likeness (QED) is 0.472. The molecule has 0 bridgehead atoms. The van der Waals surface area contributed by atoms with Gasteiger partial charge in [0.2, 0.25) is 0 Å². The fraction of sp³-hybridized carbons (Fsp3) is 0. The first-order valence-electron chi connectivity index (χ1n) is 8.48. The molecule has 1 aromatic heterocycles. The molecule has 4 nitrogen and oxygen atoms in total. The van der Waals surface area contributed by atoms with E-state index in [9.17, 15) is 4.79 Å². The molecule has 1 N–H and O–H groups in total. The SMILES string of the molecule is O=C(Nc1ccccc1)c1cn(-c2ccccc2)nc1-c1ccc(Br)cc1. The minimum Gasteiger partial charge on any atom is -0.322 e. The van der Waals surface area contributed by atoms with Crippen LogP contribution in [0.1, 0.15) is 10.4 Å². The Balaban J connectivity index is 1.77. The maximum absolute atomic E-state index is 12.9. The highest BCUT2D eigenvalue weighted by atomic mass is 79.9. The number of aromatic nitrogens is 2. The number of nitrogens with one attached hydrogen (secondary N) is 1. The van der Waals surface area contributed by atoms with Crippen LogP contribution in [-0.2, 0) is 0 Å². The molecule has 0 spiro atoms. The molecular formula is C22H16BrN3O. The monoisotopic (exact) mass is 417 g/mol. The van der Waals surface area contributed by atoms with Gasteiger partial charge in [-0.1, -0.05) is 64.5 Å². The number of benzene rings is 3. The van der Waals surface area contributed by atoms with Crippen molar-refractivity contribution in [2.45, 2.75) is 0 Å². The molecule has 0 unspecified atom stereocenters. The van der Waals surface area contributed by atoms with Gasteiger partial charge in [0.1, 0.15) is 5.69 Å². The zero-order valence-corrected chi connectivity index (χ0v) is 15.9. The first kappa shape index (κ1) is 17.2. The maximum Gasteiger partial charge on any atom is 0.259 e. The lowest BCUT2D eigenvalue weighted by Crippen LogP contribution is -2.12. The summed E-state index contributed by atoms with van der Waals surface area (Å²) in [6, 6.07) is 26.9. The van der Waals surface area contributed by atoms with E-state index in [2.05, 4.69) is 26.3 Å². The lowest BCUT2D eigenvalue weighted by molar-refractivity contribution is 0.102. The zero-order valence-electron chi connectivity index (χ0n) is 14.3. The molecule has 4 aromatic rings. The van der Waals surface area contributed by atoms with E-state index in [1.54, 1.807) is 10.9 Å². The van der Waals surface area contributed by atoms with Crippen molar-refractivity contribution in [1.82, 2.24) is 9.78 Å². The molecule has 0 atom stereocenters. The molecule has 4 rings (SSSR count). The van der Waals surface area contributed by atoms with E-state index in [-0.39, 0.29) is 5.91 Å². The Morgan fingerprint density at radius 1 is 0.852 bits per heavy atom. The standard InChI is InChI=1S/C22H16BrN3O/c23-17-13-11-16(12-14-17)21-20(22(27)24-18-7-3-1-4-8-18)15-26(25-21)19-9-5-2-6-10-19/h1-15H,(H,24,27). The van der Waals surface area contributed by atoms with Crippen molar-refractivity contribution < 1.29 is 4.79 Å². The highest BCUT2D eigenvalue weighted by Crippen LogP contribution is 2.26. The van der Waals surface area contributed by atoms with Gasteiger partial charge in [-0.15, -0.1) is 0 Å². The minimum atomic E-state index is -0.193. The number of hydrogen-bond donors (Lipinski definition) is 1. The van der Waals surface area contributed by atoms with Crippen LogP contribution >= 0.6 is 15.9 Å². The Labute approximate surface area is 165 Å². The van der Waals surface area contributed by atoms with Crippen molar-refractivity contribution >= 4 is 27.5 Å². The maximum atomic E-state index is 12.9. The average Bonchev–Trinajstić information content (AvgIpc) is 3.16. The summed E-state index contributed by atoms with van der Waals surface area (Å²) in [6.45, 7) is 0. The third-order valence-corrected chi connectivity index (χ3v) is 4.66. The van der Waals surface area contributed by atoms with Crippen LogP contribution in [0.5, 0.6) is 0 Å². The van der Waals surface area contributed by atoms with E-state index in [1.807, 2.05) is 84.9 Å². The number of halogens is 1. The molecule has 0 fully saturated rings. The molecule has 27 heavy (non-hydrogen) atoms. The average molecular weight is 418 g/mol. The molecule has 0 saturated carbocycles. The van der Waals surface area contributed by atoms with Gasteiger partial charge in [0.05, 0.1) is 11.3 Å². The second-order valence-electron chi connectivity index (χ2n) is 6.00. The van der Waals surface area contributed by atoms with E-state index < -0.39 is 0 Å². The molecule has 0 aliphatic carbocycles. The number of para-hydroxylation sites is 2. The summed E-state index contributed by atoms with van der Waals surface area (Å²) in [7, 11) is 0. The number of nitrogens with zero attached hydrogens (tertiary/aromatic N) is 2. The van der Waals surface area contributed by atoms with Crippen molar-refractivity contribution in [2.75, 3.05) is 5.32 Å². The Hall–Kier alpha value is -3.18. The fourth-order valence-corrected chi connectivity index (χ4v) is 3.06. The molecule has 0 saturated heterocycles. The number of carbonyl (C=O) groups is 1. The Bertz CT molecular complexity index is 1060. The summed E-state index contributed by atoms with van der Waals surface area (Å²) < 4.78 is 2.71. The molecule has 5 heteroatoms. The van der Waals surface area contributed by atoms with Crippen LogP contribution in [0, 0.1) is 0 Å². The Morgan fingerprint density at radius 2 is 1.48 bits per heavy atom. The van der Waals surface area contributed by atoms with E-state index in [4.69, 9.17) is 0 Å². The van der Waals surface area contributed by atoms with Gasteiger partial charge in [-0.25, -0.2) is 4.68 Å².